The SMILES string of the molecule is Cc1cccc(OCCOc2cccc(NN)c2)c1. The zero-order valence-corrected chi connectivity index (χ0v) is 10.9. The van der Waals surface area contributed by atoms with E-state index in [4.69, 9.17) is 15.3 Å². The molecule has 4 heteroatoms. The standard InChI is InChI=1S/C15H18N2O2/c1-12-4-2-6-14(10-12)18-8-9-19-15-7-3-5-13(11-15)17-16/h2-7,10-11,17H,8-9,16H2,1H3. The number of nitrogen functional groups attached to an aromatic ring is 1. The van der Waals surface area contributed by atoms with Crippen LogP contribution in [0.15, 0.2) is 48.5 Å². The summed E-state index contributed by atoms with van der Waals surface area (Å²) >= 11 is 0. The monoisotopic (exact) mass is 258 g/mol. The van der Waals surface area contributed by atoms with Crippen molar-refractivity contribution in [2.45, 2.75) is 6.92 Å². The van der Waals surface area contributed by atoms with E-state index in [1.807, 2.05) is 55.5 Å². The Morgan fingerprint density at radius 2 is 1.58 bits per heavy atom. The molecule has 19 heavy (non-hydrogen) atoms. The molecule has 0 aromatic heterocycles. The van der Waals surface area contributed by atoms with Crippen LogP contribution < -0.4 is 20.7 Å². The average molecular weight is 258 g/mol. The molecule has 0 aliphatic carbocycles. The third-order valence-corrected chi connectivity index (χ3v) is 2.61. The van der Waals surface area contributed by atoms with Crippen LogP contribution in [0.3, 0.4) is 0 Å². The number of ether oxygens (including phenoxy) is 2. The van der Waals surface area contributed by atoms with E-state index in [2.05, 4.69) is 5.43 Å². The highest BCUT2D eigenvalue weighted by Gasteiger charge is 1.97. The van der Waals surface area contributed by atoms with Gasteiger partial charge in [0.05, 0.1) is 5.69 Å². The molecule has 2 aromatic rings. The summed E-state index contributed by atoms with van der Waals surface area (Å²) in [6.45, 7) is 3.03. The van der Waals surface area contributed by atoms with Gasteiger partial charge in [-0.2, -0.15) is 0 Å². The second kappa shape index (κ2) is 6.66. The van der Waals surface area contributed by atoms with Crippen molar-refractivity contribution < 1.29 is 9.47 Å². The van der Waals surface area contributed by atoms with Gasteiger partial charge in [-0.25, -0.2) is 0 Å². The maximum absolute atomic E-state index is 5.60. The highest BCUT2D eigenvalue weighted by Crippen LogP contribution is 2.16. The van der Waals surface area contributed by atoms with E-state index in [1.54, 1.807) is 0 Å². The first-order valence-electron chi connectivity index (χ1n) is 6.17. The number of rotatable bonds is 6. The Balaban J connectivity index is 1.77. The van der Waals surface area contributed by atoms with Crippen LogP contribution in [0.4, 0.5) is 5.69 Å². The molecule has 2 aromatic carbocycles. The van der Waals surface area contributed by atoms with Crippen molar-refractivity contribution in [1.82, 2.24) is 0 Å². The summed E-state index contributed by atoms with van der Waals surface area (Å²) in [4.78, 5) is 0. The van der Waals surface area contributed by atoms with Crippen molar-refractivity contribution >= 4 is 5.69 Å². The van der Waals surface area contributed by atoms with Crippen LogP contribution in [0.2, 0.25) is 0 Å². The lowest BCUT2D eigenvalue weighted by atomic mass is 10.2. The number of anilines is 1. The predicted octanol–water partition coefficient (Wildman–Crippen LogP) is 2.74. The van der Waals surface area contributed by atoms with E-state index in [-0.39, 0.29) is 0 Å². The third kappa shape index (κ3) is 4.19. The van der Waals surface area contributed by atoms with E-state index < -0.39 is 0 Å². The average Bonchev–Trinajstić information content (AvgIpc) is 2.44. The fraction of sp³-hybridized carbons (Fsp3) is 0.200. The molecule has 0 radical (unpaired) electrons. The minimum absolute atomic E-state index is 0.488. The van der Waals surface area contributed by atoms with E-state index in [0.29, 0.717) is 13.2 Å². The van der Waals surface area contributed by atoms with E-state index in [1.165, 1.54) is 5.56 Å². The smallest absolute Gasteiger partial charge is 0.122 e. The number of nitrogens with one attached hydrogen (secondary N) is 1. The lowest BCUT2D eigenvalue weighted by molar-refractivity contribution is 0.217. The minimum atomic E-state index is 0.488. The van der Waals surface area contributed by atoms with Crippen molar-refractivity contribution in [3.63, 3.8) is 0 Å². The first kappa shape index (κ1) is 13.2. The van der Waals surface area contributed by atoms with Crippen LogP contribution in [-0.4, -0.2) is 13.2 Å². The van der Waals surface area contributed by atoms with Gasteiger partial charge in [-0.1, -0.05) is 18.2 Å². The number of nitrogens with two attached hydrogens (primary N) is 1. The molecular formula is C15H18N2O2. The first-order chi connectivity index (χ1) is 9.28. The zero-order chi connectivity index (χ0) is 13.5. The maximum Gasteiger partial charge on any atom is 0.122 e. The Morgan fingerprint density at radius 1 is 0.947 bits per heavy atom. The van der Waals surface area contributed by atoms with Crippen molar-refractivity contribution in [3.8, 4) is 11.5 Å². The molecule has 3 N–H and O–H groups in total. The fourth-order valence-electron chi connectivity index (χ4n) is 1.70. The van der Waals surface area contributed by atoms with Gasteiger partial charge in [0.1, 0.15) is 24.7 Å². The number of hydrogen-bond donors (Lipinski definition) is 2. The molecule has 0 atom stereocenters. The summed E-state index contributed by atoms with van der Waals surface area (Å²) in [7, 11) is 0. The molecule has 0 saturated heterocycles. The summed E-state index contributed by atoms with van der Waals surface area (Å²) in [5, 5.41) is 0. The molecule has 0 saturated carbocycles. The van der Waals surface area contributed by atoms with Crippen LogP contribution in [0.5, 0.6) is 11.5 Å². The summed E-state index contributed by atoms with van der Waals surface area (Å²) in [6.07, 6.45) is 0. The topological polar surface area (TPSA) is 56.5 Å². The van der Waals surface area contributed by atoms with Crippen LogP contribution in [0.1, 0.15) is 5.56 Å². The number of hydrazine groups is 1. The van der Waals surface area contributed by atoms with Gasteiger partial charge in [-0.3, -0.25) is 5.84 Å². The quantitative estimate of drug-likeness (QED) is 0.475. The van der Waals surface area contributed by atoms with E-state index >= 15 is 0 Å². The first-order valence-corrected chi connectivity index (χ1v) is 6.17. The molecule has 0 amide bonds. The molecular weight excluding hydrogens is 240 g/mol. The van der Waals surface area contributed by atoms with Gasteiger partial charge in [0, 0.05) is 6.07 Å². The number of hydrogen-bond acceptors (Lipinski definition) is 4. The Bertz CT molecular complexity index is 529. The Labute approximate surface area is 113 Å². The summed E-state index contributed by atoms with van der Waals surface area (Å²) in [6, 6.07) is 15.4. The summed E-state index contributed by atoms with van der Waals surface area (Å²) < 4.78 is 11.2. The molecule has 0 aliphatic heterocycles. The van der Waals surface area contributed by atoms with Crippen molar-refractivity contribution in [2.24, 2.45) is 5.84 Å². The predicted molar refractivity (Wildman–Crippen MR) is 76.4 cm³/mol. The molecule has 0 fully saturated rings. The largest absolute Gasteiger partial charge is 0.490 e. The Kier molecular flexibility index (Phi) is 4.64. The van der Waals surface area contributed by atoms with E-state index in [0.717, 1.165) is 17.2 Å². The molecule has 2 rings (SSSR count). The molecule has 0 bridgehead atoms. The third-order valence-electron chi connectivity index (χ3n) is 2.61. The lowest BCUT2D eigenvalue weighted by Crippen LogP contribution is -2.10. The van der Waals surface area contributed by atoms with Gasteiger partial charge < -0.3 is 14.9 Å². The molecule has 0 spiro atoms. The highest BCUT2D eigenvalue weighted by atomic mass is 16.5. The summed E-state index contributed by atoms with van der Waals surface area (Å²) in [5.41, 5.74) is 4.58. The Hall–Kier alpha value is -2.20. The van der Waals surface area contributed by atoms with Gasteiger partial charge in [0.25, 0.3) is 0 Å². The van der Waals surface area contributed by atoms with Gasteiger partial charge in [0.15, 0.2) is 0 Å². The fourth-order valence-corrected chi connectivity index (χ4v) is 1.70. The highest BCUT2D eigenvalue weighted by molar-refractivity contribution is 5.46. The van der Waals surface area contributed by atoms with Gasteiger partial charge in [-0.15, -0.1) is 0 Å². The summed E-state index contributed by atoms with van der Waals surface area (Å²) in [5.74, 6) is 6.96. The van der Waals surface area contributed by atoms with Gasteiger partial charge in [0.2, 0.25) is 0 Å². The van der Waals surface area contributed by atoms with Crippen molar-refractivity contribution in [3.05, 3.63) is 54.1 Å². The molecule has 100 valence electrons. The molecule has 4 nitrogen and oxygen atoms in total. The molecule has 0 heterocycles. The number of benzene rings is 2. The molecule has 0 unspecified atom stereocenters. The van der Waals surface area contributed by atoms with Crippen molar-refractivity contribution in [2.75, 3.05) is 18.6 Å². The second-order valence-electron chi connectivity index (χ2n) is 4.19. The Morgan fingerprint density at radius 3 is 2.21 bits per heavy atom. The van der Waals surface area contributed by atoms with Crippen LogP contribution >= 0.6 is 0 Å². The van der Waals surface area contributed by atoms with Crippen LogP contribution in [0.25, 0.3) is 0 Å². The maximum atomic E-state index is 5.60. The zero-order valence-electron chi connectivity index (χ0n) is 10.9. The normalized spacial score (nSPS) is 10.0. The van der Waals surface area contributed by atoms with Gasteiger partial charge >= 0.3 is 0 Å². The van der Waals surface area contributed by atoms with Gasteiger partial charge in [-0.05, 0) is 36.8 Å². The second-order valence-corrected chi connectivity index (χ2v) is 4.19. The van der Waals surface area contributed by atoms with Crippen LogP contribution in [-0.2, 0) is 0 Å². The lowest BCUT2D eigenvalue weighted by Gasteiger charge is -2.09. The van der Waals surface area contributed by atoms with E-state index in [9.17, 15) is 0 Å². The van der Waals surface area contributed by atoms with Crippen LogP contribution in [0, 0.1) is 6.92 Å². The minimum Gasteiger partial charge on any atom is -0.490 e. The van der Waals surface area contributed by atoms with Crippen molar-refractivity contribution in [1.29, 1.82) is 0 Å². The molecule has 0 aliphatic rings. The number of aryl methyl sites for hydroxylation is 1.